The Morgan fingerprint density at radius 3 is 3.00 bits per heavy atom. The molecule has 0 spiro atoms. The fourth-order valence-corrected chi connectivity index (χ4v) is 2.00. The molecule has 0 saturated heterocycles. The van der Waals surface area contributed by atoms with E-state index in [1.54, 1.807) is 0 Å². The number of hydrogen-bond donors (Lipinski definition) is 1. The summed E-state index contributed by atoms with van der Waals surface area (Å²) in [6, 6.07) is 6.12. The monoisotopic (exact) mass is 272 g/mol. The van der Waals surface area contributed by atoms with Crippen LogP contribution in [-0.4, -0.2) is 18.4 Å². The Kier molecular flexibility index (Phi) is 2.79. The maximum absolute atomic E-state index is 5.93. The van der Waals surface area contributed by atoms with Gasteiger partial charge in [0.1, 0.15) is 5.84 Å². The van der Waals surface area contributed by atoms with Gasteiger partial charge in [-0.2, -0.15) is 0 Å². The lowest BCUT2D eigenvalue weighted by molar-refractivity contribution is 0.726. The highest BCUT2D eigenvalue weighted by molar-refractivity contribution is 9.10. The molecule has 1 atom stereocenters. The minimum absolute atomic E-state index is 0.413. The van der Waals surface area contributed by atoms with Crippen LogP contribution in [0.5, 0.6) is 0 Å². The van der Waals surface area contributed by atoms with E-state index >= 15 is 0 Å². The van der Waals surface area contributed by atoms with Crippen molar-refractivity contribution in [1.29, 1.82) is 0 Å². The van der Waals surface area contributed by atoms with E-state index < -0.39 is 0 Å². The highest BCUT2D eigenvalue weighted by Gasteiger charge is 2.16. The summed E-state index contributed by atoms with van der Waals surface area (Å²) in [5, 5.41) is 4.03. The van der Waals surface area contributed by atoms with Crippen molar-refractivity contribution in [1.82, 2.24) is 5.32 Å². The van der Waals surface area contributed by atoms with E-state index in [-0.39, 0.29) is 0 Å². The molecule has 0 fully saturated rings. The van der Waals surface area contributed by atoms with Crippen LogP contribution in [0.1, 0.15) is 12.5 Å². The predicted octanol–water partition coefficient (Wildman–Crippen LogP) is 2.84. The van der Waals surface area contributed by atoms with Crippen molar-refractivity contribution in [2.75, 3.05) is 6.54 Å². The molecule has 2 nitrogen and oxygen atoms in total. The SMILES string of the molecule is CC1CN=C(c2cc(Cl)ccc2Br)N1. The third kappa shape index (κ3) is 1.93. The van der Waals surface area contributed by atoms with Crippen LogP contribution >= 0.6 is 27.5 Å². The Bertz CT molecular complexity index is 390. The Morgan fingerprint density at radius 2 is 2.36 bits per heavy atom. The second-order valence-electron chi connectivity index (χ2n) is 3.36. The smallest absolute Gasteiger partial charge is 0.129 e. The summed E-state index contributed by atoms with van der Waals surface area (Å²) in [6.45, 7) is 2.93. The first kappa shape index (κ1) is 9.99. The molecule has 1 aromatic carbocycles. The van der Waals surface area contributed by atoms with Gasteiger partial charge in [0.15, 0.2) is 0 Å². The van der Waals surface area contributed by atoms with Crippen molar-refractivity contribution in [3.05, 3.63) is 33.3 Å². The molecule has 74 valence electrons. The second kappa shape index (κ2) is 3.91. The molecule has 1 aliphatic heterocycles. The zero-order chi connectivity index (χ0) is 10.1. The lowest BCUT2D eigenvalue weighted by Crippen LogP contribution is -2.27. The van der Waals surface area contributed by atoms with Crippen molar-refractivity contribution >= 4 is 33.4 Å². The van der Waals surface area contributed by atoms with Gasteiger partial charge in [-0.25, -0.2) is 0 Å². The minimum atomic E-state index is 0.413. The largest absolute Gasteiger partial charge is 0.366 e. The summed E-state index contributed by atoms with van der Waals surface area (Å²) in [5.41, 5.74) is 1.03. The first-order chi connectivity index (χ1) is 6.66. The Balaban J connectivity index is 2.36. The number of nitrogens with zero attached hydrogens (tertiary/aromatic N) is 1. The molecule has 0 aromatic heterocycles. The van der Waals surface area contributed by atoms with Crippen molar-refractivity contribution < 1.29 is 0 Å². The van der Waals surface area contributed by atoms with Crippen molar-refractivity contribution in [2.24, 2.45) is 4.99 Å². The topological polar surface area (TPSA) is 24.4 Å². The van der Waals surface area contributed by atoms with Gasteiger partial charge in [0.05, 0.1) is 6.54 Å². The fourth-order valence-electron chi connectivity index (χ4n) is 1.39. The molecule has 0 bridgehead atoms. The molecule has 0 amide bonds. The summed E-state index contributed by atoms with van der Waals surface area (Å²) in [7, 11) is 0. The maximum atomic E-state index is 5.93. The van der Waals surface area contributed by atoms with Gasteiger partial charge in [0.2, 0.25) is 0 Å². The molecule has 4 heteroatoms. The van der Waals surface area contributed by atoms with Crippen LogP contribution in [0.15, 0.2) is 27.7 Å². The van der Waals surface area contributed by atoms with Gasteiger partial charge >= 0.3 is 0 Å². The Labute approximate surface area is 96.5 Å². The number of aliphatic imine (C=N–C) groups is 1. The van der Waals surface area contributed by atoms with E-state index in [4.69, 9.17) is 11.6 Å². The number of amidine groups is 1. The highest BCUT2D eigenvalue weighted by atomic mass is 79.9. The van der Waals surface area contributed by atoms with Gasteiger partial charge in [-0.15, -0.1) is 0 Å². The minimum Gasteiger partial charge on any atom is -0.366 e. The third-order valence-corrected chi connectivity index (χ3v) is 3.02. The van der Waals surface area contributed by atoms with E-state index in [0.29, 0.717) is 6.04 Å². The Morgan fingerprint density at radius 1 is 1.57 bits per heavy atom. The number of benzene rings is 1. The first-order valence-corrected chi connectivity index (χ1v) is 5.60. The molecule has 0 radical (unpaired) electrons. The van der Waals surface area contributed by atoms with Gasteiger partial charge in [-0.05, 0) is 25.1 Å². The predicted molar refractivity (Wildman–Crippen MR) is 63.2 cm³/mol. The summed E-state index contributed by atoms with van der Waals surface area (Å²) in [6.07, 6.45) is 0. The van der Waals surface area contributed by atoms with Gasteiger partial charge in [-0.3, -0.25) is 4.99 Å². The molecule has 2 rings (SSSR count). The van der Waals surface area contributed by atoms with Gasteiger partial charge in [0.25, 0.3) is 0 Å². The standard InChI is InChI=1S/C10H10BrClN2/c1-6-5-13-10(14-6)8-4-7(12)2-3-9(8)11/h2-4,6H,5H2,1H3,(H,13,14). The van der Waals surface area contributed by atoms with Gasteiger partial charge in [0, 0.05) is 21.1 Å². The van der Waals surface area contributed by atoms with Crippen LogP contribution in [0, 0.1) is 0 Å². The highest BCUT2D eigenvalue weighted by Crippen LogP contribution is 2.22. The maximum Gasteiger partial charge on any atom is 0.129 e. The average molecular weight is 274 g/mol. The summed E-state index contributed by atoms with van der Waals surface area (Å²) < 4.78 is 1.02. The van der Waals surface area contributed by atoms with E-state index in [1.807, 2.05) is 18.2 Å². The molecule has 1 unspecified atom stereocenters. The van der Waals surface area contributed by atoms with Gasteiger partial charge in [-0.1, -0.05) is 27.5 Å². The second-order valence-corrected chi connectivity index (χ2v) is 4.65. The molecule has 1 N–H and O–H groups in total. The fraction of sp³-hybridized carbons (Fsp3) is 0.300. The molecular formula is C10H10BrClN2. The number of hydrogen-bond acceptors (Lipinski definition) is 2. The van der Waals surface area contributed by atoms with E-state index in [2.05, 4.69) is 33.2 Å². The summed E-state index contributed by atoms with van der Waals surface area (Å²) in [5.74, 6) is 0.923. The van der Waals surface area contributed by atoms with Crippen molar-refractivity contribution in [2.45, 2.75) is 13.0 Å². The van der Waals surface area contributed by atoms with Crippen LogP contribution in [0.4, 0.5) is 0 Å². The quantitative estimate of drug-likeness (QED) is 0.836. The van der Waals surface area contributed by atoms with Crippen LogP contribution in [0.2, 0.25) is 5.02 Å². The Hall–Kier alpha value is -0.540. The molecule has 0 saturated carbocycles. The number of halogens is 2. The van der Waals surface area contributed by atoms with Crippen LogP contribution in [-0.2, 0) is 0 Å². The lowest BCUT2D eigenvalue weighted by Gasteiger charge is -2.08. The molecule has 14 heavy (non-hydrogen) atoms. The van der Waals surface area contributed by atoms with Crippen molar-refractivity contribution in [3.8, 4) is 0 Å². The number of nitrogens with one attached hydrogen (secondary N) is 1. The third-order valence-electron chi connectivity index (χ3n) is 2.09. The van der Waals surface area contributed by atoms with E-state index in [0.717, 1.165) is 27.4 Å². The van der Waals surface area contributed by atoms with Gasteiger partial charge < -0.3 is 5.32 Å². The van der Waals surface area contributed by atoms with Crippen LogP contribution < -0.4 is 5.32 Å². The van der Waals surface area contributed by atoms with Crippen molar-refractivity contribution in [3.63, 3.8) is 0 Å². The molecule has 1 heterocycles. The van der Waals surface area contributed by atoms with E-state index in [1.165, 1.54) is 0 Å². The van der Waals surface area contributed by atoms with E-state index in [9.17, 15) is 0 Å². The zero-order valence-corrected chi connectivity index (χ0v) is 10.1. The first-order valence-electron chi connectivity index (χ1n) is 4.43. The molecule has 1 aliphatic rings. The van der Waals surface area contributed by atoms with Crippen LogP contribution in [0.25, 0.3) is 0 Å². The average Bonchev–Trinajstić information content (AvgIpc) is 2.56. The summed E-state index contributed by atoms with van der Waals surface area (Å²) >= 11 is 9.41. The summed E-state index contributed by atoms with van der Waals surface area (Å²) in [4.78, 5) is 4.41. The zero-order valence-electron chi connectivity index (χ0n) is 7.72. The molecule has 1 aromatic rings. The number of rotatable bonds is 1. The molecule has 0 aliphatic carbocycles. The van der Waals surface area contributed by atoms with Crippen LogP contribution in [0.3, 0.4) is 0 Å². The molecular weight excluding hydrogens is 263 g/mol. The normalized spacial score (nSPS) is 20.5. The lowest BCUT2D eigenvalue weighted by atomic mass is 10.2.